The molecule has 0 spiro atoms. The maximum Gasteiger partial charge on any atom is 0.201 e. The Morgan fingerprint density at radius 3 is 1.62 bits per heavy atom. The summed E-state index contributed by atoms with van der Waals surface area (Å²) in [6.45, 7) is 12.5. The number of hydrogen-bond donors (Lipinski definition) is 2. The number of allylic oxidation sites excluding steroid dienone is 3. The number of unbranched alkanes of at least 4 members (excludes halogenated alkanes) is 6. The van der Waals surface area contributed by atoms with Crippen LogP contribution in [0.4, 0.5) is 0 Å². The number of methoxy groups -OCH3 is 2. The monoisotopic (exact) mass is 648 g/mol. The average Bonchev–Trinajstić information content (AvgIpc) is 3.10. The number of carbonyl (C=O) groups excluding carboxylic acids is 2. The number of ketones is 2. The molecule has 0 heterocycles. The molecule has 0 saturated carbocycles. The van der Waals surface area contributed by atoms with Crippen LogP contribution in [0.5, 0.6) is 11.5 Å². The number of rotatable bonds is 23. The number of carbonyl (C=O) groups is 2. The van der Waals surface area contributed by atoms with Gasteiger partial charge in [0.05, 0.1) is 19.9 Å². The highest BCUT2D eigenvalue weighted by molar-refractivity contribution is 6.16. The van der Waals surface area contributed by atoms with Crippen molar-refractivity contribution < 1.29 is 19.1 Å². The zero-order chi connectivity index (χ0) is 34.1. The number of benzene rings is 2. The average molecular weight is 649 g/mol. The Morgan fingerprint density at radius 1 is 0.638 bits per heavy atom. The molecule has 0 bridgehead atoms. The number of ether oxygens (including phenoxy) is 2. The highest BCUT2D eigenvalue weighted by Gasteiger charge is 2.12. The molecule has 8 heteroatoms. The van der Waals surface area contributed by atoms with Crippen molar-refractivity contribution in [2.24, 2.45) is 0 Å². The lowest BCUT2D eigenvalue weighted by molar-refractivity contribution is -0.114. The zero-order valence-electron chi connectivity index (χ0n) is 29.7. The van der Waals surface area contributed by atoms with Crippen molar-refractivity contribution in [3.8, 4) is 11.5 Å². The van der Waals surface area contributed by atoms with Crippen molar-refractivity contribution in [3.63, 3.8) is 0 Å². The summed E-state index contributed by atoms with van der Waals surface area (Å²) >= 11 is 0. The molecule has 0 atom stereocenters. The minimum absolute atomic E-state index is 0.121. The van der Waals surface area contributed by atoms with Crippen molar-refractivity contribution in [2.75, 3.05) is 60.5 Å². The molecule has 47 heavy (non-hydrogen) atoms. The van der Waals surface area contributed by atoms with Gasteiger partial charge in [0.15, 0.2) is 5.78 Å². The van der Waals surface area contributed by atoms with E-state index in [4.69, 9.17) is 9.47 Å². The van der Waals surface area contributed by atoms with Crippen LogP contribution < -0.4 is 20.1 Å². The van der Waals surface area contributed by atoms with E-state index in [1.807, 2.05) is 31.3 Å². The van der Waals surface area contributed by atoms with Crippen LogP contribution in [0.1, 0.15) is 76.3 Å². The van der Waals surface area contributed by atoms with Gasteiger partial charge < -0.3 is 20.1 Å². The molecule has 0 amide bonds. The molecule has 2 aromatic carbocycles. The van der Waals surface area contributed by atoms with Gasteiger partial charge in [-0.15, -0.1) is 0 Å². The maximum atomic E-state index is 11.6. The second kappa shape index (κ2) is 24.7. The van der Waals surface area contributed by atoms with Gasteiger partial charge in [-0.1, -0.05) is 75.9 Å². The van der Waals surface area contributed by atoms with Crippen LogP contribution in [0.2, 0.25) is 0 Å². The molecule has 0 radical (unpaired) electrons. The van der Waals surface area contributed by atoms with E-state index in [0.717, 1.165) is 83.0 Å². The Kier molecular flexibility index (Phi) is 20.9. The van der Waals surface area contributed by atoms with Crippen molar-refractivity contribution >= 4 is 11.6 Å². The zero-order valence-corrected chi connectivity index (χ0v) is 29.7. The van der Waals surface area contributed by atoms with Gasteiger partial charge in [0.25, 0.3) is 0 Å². The lowest BCUT2D eigenvalue weighted by atomic mass is 10.1. The topological polar surface area (TPSA) is 83.1 Å². The van der Waals surface area contributed by atoms with E-state index in [1.54, 1.807) is 14.2 Å². The second-order valence-corrected chi connectivity index (χ2v) is 11.9. The maximum absolute atomic E-state index is 11.6. The summed E-state index contributed by atoms with van der Waals surface area (Å²) in [6.07, 6.45) is 13.6. The molecule has 2 aromatic rings. The Balaban J connectivity index is 0.000000343. The van der Waals surface area contributed by atoms with E-state index in [0.29, 0.717) is 5.70 Å². The molecule has 8 nitrogen and oxygen atoms in total. The summed E-state index contributed by atoms with van der Waals surface area (Å²) in [4.78, 5) is 27.8. The minimum atomic E-state index is -0.133. The van der Waals surface area contributed by atoms with E-state index < -0.39 is 0 Å². The molecule has 0 unspecified atom stereocenters. The molecular formula is C39H60N4O4. The second-order valence-electron chi connectivity index (χ2n) is 11.9. The Bertz CT molecular complexity index is 1230. The standard InChI is InChI=1S/C22H30N2O3.C17H30N2O/c1-3-24(17-18-10-6-7-11-22(18)27-2)15-9-5-4-8-14-23-20-16-19(25)12-13-21(20)26;1-4-19(14-10-6-5-9-13-18-2)15-16-11-7-8-12-17(16)20-3/h6-7,10-13,16,23H,3-5,8-9,14-15,17H2,1-2H3;7-8,11-12,18H,4-6,9-10,13-15H2,1-3H3. The van der Waals surface area contributed by atoms with Crippen molar-refractivity contribution in [1.29, 1.82) is 0 Å². The Hall–Kier alpha value is -3.46. The number of nitrogens with zero attached hydrogens (tertiary/aromatic N) is 2. The van der Waals surface area contributed by atoms with E-state index in [9.17, 15) is 9.59 Å². The van der Waals surface area contributed by atoms with Gasteiger partial charge in [0.1, 0.15) is 11.5 Å². The normalized spacial score (nSPS) is 12.6. The largest absolute Gasteiger partial charge is 0.496 e. The van der Waals surface area contributed by atoms with Crippen LogP contribution in [0.15, 0.2) is 72.5 Å². The number of nitrogens with one attached hydrogen (secondary N) is 2. The molecule has 0 saturated heterocycles. The van der Waals surface area contributed by atoms with Gasteiger partial charge in [-0.05, 0) is 89.7 Å². The summed E-state index contributed by atoms with van der Waals surface area (Å²) in [6, 6.07) is 16.5. The third-order valence-electron chi connectivity index (χ3n) is 8.39. The molecule has 260 valence electrons. The highest BCUT2D eigenvalue weighted by atomic mass is 16.5. The van der Waals surface area contributed by atoms with Crippen molar-refractivity contribution in [2.45, 2.75) is 78.3 Å². The smallest absolute Gasteiger partial charge is 0.201 e. The number of para-hydroxylation sites is 2. The fourth-order valence-electron chi connectivity index (χ4n) is 5.52. The lowest BCUT2D eigenvalue weighted by Crippen LogP contribution is -2.24. The van der Waals surface area contributed by atoms with E-state index >= 15 is 0 Å². The van der Waals surface area contributed by atoms with E-state index in [-0.39, 0.29) is 11.6 Å². The number of hydrogen-bond acceptors (Lipinski definition) is 8. The van der Waals surface area contributed by atoms with Crippen LogP contribution in [0.25, 0.3) is 0 Å². The summed E-state index contributed by atoms with van der Waals surface area (Å²) < 4.78 is 10.9. The van der Waals surface area contributed by atoms with Gasteiger partial charge in [0.2, 0.25) is 5.78 Å². The highest BCUT2D eigenvalue weighted by Crippen LogP contribution is 2.20. The molecular weight excluding hydrogens is 588 g/mol. The third kappa shape index (κ3) is 16.3. The first-order valence-electron chi connectivity index (χ1n) is 17.5. The van der Waals surface area contributed by atoms with Gasteiger partial charge >= 0.3 is 0 Å². The van der Waals surface area contributed by atoms with Gasteiger partial charge in [0, 0.05) is 36.8 Å². The molecule has 1 aliphatic carbocycles. The Morgan fingerprint density at radius 2 is 1.13 bits per heavy atom. The van der Waals surface area contributed by atoms with E-state index in [1.165, 1.54) is 61.6 Å². The van der Waals surface area contributed by atoms with Crippen LogP contribution in [0, 0.1) is 0 Å². The van der Waals surface area contributed by atoms with Crippen LogP contribution in [0.3, 0.4) is 0 Å². The summed E-state index contributed by atoms with van der Waals surface area (Å²) in [5.74, 6) is 1.69. The third-order valence-corrected chi connectivity index (χ3v) is 8.39. The van der Waals surface area contributed by atoms with E-state index in [2.05, 4.69) is 58.5 Å². The lowest BCUT2D eigenvalue weighted by Gasteiger charge is -2.21. The fourth-order valence-corrected chi connectivity index (χ4v) is 5.52. The predicted molar refractivity (Wildman–Crippen MR) is 194 cm³/mol. The SMILES string of the molecule is CCN(CCCCCCNC)Cc1ccccc1OC.CCN(CCCCCCNC1=CC(=O)C=CC1=O)Cc1ccccc1OC. The summed E-state index contributed by atoms with van der Waals surface area (Å²) in [7, 11) is 5.48. The van der Waals surface area contributed by atoms with Crippen LogP contribution >= 0.6 is 0 Å². The quantitative estimate of drug-likeness (QED) is 0.104. The molecule has 2 N–H and O–H groups in total. The summed E-state index contributed by atoms with van der Waals surface area (Å²) in [5.41, 5.74) is 2.92. The van der Waals surface area contributed by atoms with Crippen molar-refractivity contribution in [3.05, 3.63) is 83.6 Å². The first-order chi connectivity index (χ1) is 22.9. The van der Waals surface area contributed by atoms with Crippen molar-refractivity contribution in [1.82, 2.24) is 20.4 Å². The molecule has 0 aromatic heterocycles. The Labute approximate surface area is 284 Å². The molecule has 3 rings (SSSR count). The molecule has 0 aliphatic heterocycles. The minimum Gasteiger partial charge on any atom is -0.496 e. The van der Waals surface area contributed by atoms with Gasteiger partial charge in [-0.2, -0.15) is 0 Å². The fraction of sp³-hybridized carbons (Fsp3) is 0.538. The molecule has 1 aliphatic rings. The predicted octanol–water partition coefficient (Wildman–Crippen LogP) is 6.56. The van der Waals surface area contributed by atoms with Gasteiger partial charge in [-0.25, -0.2) is 0 Å². The summed E-state index contributed by atoms with van der Waals surface area (Å²) in [5, 5.41) is 6.27. The first-order valence-corrected chi connectivity index (χ1v) is 17.5. The first kappa shape index (κ1) is 39.7. The van der Waals surface area contributed by atoms with Gasteiger partial charge in [-0.3, -0.25) is 19.4 Å². The van der Waals surface area contributed by atoms with Crippen LogP contribution in [-0.2, 0) is 22.7 Å². The van der Waals surface area contributed by atoms with Crippen LogP contribution in [-0.4, -0.2) is 81.9 Å². The molecule has 0 fully saturated rings.